The Morgan fingerprint density at radius 1 is 0.855 bits per heavy atom. The van der Waals surface area contributed by atoms with Crippen molar-refractivity contribution >= 4 is 34.7 Å². The minimum Gasteiger partial charge on any atom is -0.467 e. The number of carbonyl (C=O) groups is 2. The molecule has 2 heterocycles. The van der Waals surface area contributed by atoms with Gasteiger partial charge in [-0.15, -0.1) is 0 Å². The van der Waals surface area contributed by atoms with Crippen LogP contribution in [-0.4, -0.2) is 74.4 Å². The van der Waals surface area contributed by atoms with Crippen molar-refractivity contribution in [2.75, 3.05) is 13.7 Å². The lowest BCUT2D eigenvalue weighted by Crippen LogP contribution is -2.67. The molecule has 1 amide bonds. The number of nitriles is 1. The summed E-state index contributed by atoms with van der Waals surface area (Å²) in [6.45, 7) is 1.91. The average Bonchev–Trinajstić information content (AvgIpc) is 3.22. The van der Waals surface area contributed by atoms with Crippen LogP contribution in [0.25, 0.3) is 0 Å². The molecule has 2 fully saturated rings. The molecule has 8 atom stereocenters. The highest BCUT2D eigenvalue weighted by molar-refractivity contribution is 14.1. The number of rotatable bonds is 15. The van der Waals surface area contributed by atoms with Crippen molar-refractivity contribution in [2.45, 2.75) is 81.8 Å². The molecule has 0 aromatic heterocycles. The van der Waals surface area contributed by atoms with Gasteiger partial charge in [-0.3, -0.25) is 0 Å². The number of carbonyl (C=O) groups excluding carboxylic acids is 2. The van der Waals surface area contributed by atoms with Crippen molar-refractivity contribution in [3.63, 3.8) is 0 Å². The number of benzene rings is 4. The van der Waals surface area contributed by atoms with Gasteiger partial charge in [0, 0.05) is 9.99 Å². The second kappa shape index (κ2) is 19.5. The van der Waals surface area contributed by atoms with Crippen molar-refractivity contribution in [2.24, 2.45) is 0 Å². The molecule has 0 radical (unpaired) electrons. The Morgan fingerprint density at radius 3 is 2.00 bits per heavy atom. The lowest BCUT2D eigenvalue weighted by Gasteiger charge is -2.51. The van der Waals surface area contributed by atoms with E-state index in [1.807, 2.05) is 115 Å². The first-order valence-electron chi connectivity index (χ1n) is 17.9. The first-order chi connectivity index (χ1) is 26.8. The molecule has 288 valence electrons. The van der Waals surface area contributed by atoms with E-state index >= 15 is 0 Å². The fourth-order valence-electron chi connectivity index (χ4n) is 6.39. The van der Waals surface area contributed by atoms with Crippen LogP contribution in [0.3, 0.4) is 0 Å². The van der Waals surface area contributed by atoms with Gasteiger partial charge in [0.25, 0.3) is 5.79 Å². The summed E-state index contributed by atoms with van der Waals surface area (Å²) in [5, 5.41) is 13.1. The molecule has 2 aliphatic rings. The smallest absolute Gasteiger partial charge is 0.408 e. The van der Waals surface area contributed by atoms with Gasteiger partial charge in [0.15, 0.2) is 12.3 Å². The van der Waals surface area contributed by atoms with Crippen molar-refractivity contribution in [3.8, 4) is 6.07 Å². The molecule has 0 saturated carbocycles. The molecule has 0 aliphatic carbocycles. The van der Waals surface area contributed by atoms with Gasteiger partial charge in [-0.1, -0.05) is 109 Å². The van der Waals surface area contributed by atoms with Gasteiger partial charge in [0.1, 0.15) is 37.1 Å². The van der Waals surface area contributed by atoms with E-state index in [0.29, 0.717) is 0 Å². The quantitative estimate of drug-likeness (QED) is 0.107. The maximum atomic E-state index is 13.1. The largest absolute Gasteiger partial charge is 0.467 e. The topological polar surface area (TPSA) is 144 Å². The maximum Gasteiger partial charge on any atom is 0.408 e. The fourth-order valence-corrected chi connectivity index (χ4v) is 6.97. The van der Waals surface area contributed by atoms with Gasteiger partial charge >= 0.3 is 12.1 Å². The molecular formula is C42H43IN2O10. The summed E-state index contributed by atoms with van der Waals surface area (Å²) in [5.41, 5.74) is 3.45. The lowest BCUT2D eigenvalue weighted by molar-refractivity contribution is -0.389. The van der Waals surface area contributed by atoms with Crippen LogP contribution < -0.4 is 5.32 Å². The number of hydrogen-bond acceptors (Lipinski definition) is 11. The van der Waals surface area contributed by atoms with Gasteiger partial charge in [-0.25, -0.2) is 9.59 Å². The third kappa shape index (κ3) is 10.7. The standard InChI is InChI=1S/C42H43IN2O10/c1-28(35(39(46)48-2)45-41(47)51-25-31-18-10-5-11-19-31)53-40-38(50-24-30-16-8-4-9-17-30)37(49-23-29-14-6-3-7-15-29)36-34(54-40)26-52-42(27-44,55-36)22-32-20-12-13-21-33(32)43/h3-21,28,34-38,40H,22-26H2,1-2H3,(H,45,47)/t28-,34-,35+,36-,37+,38+,40-,42+/m1/s1. The zero-order chi connectivity index (χ0) is 38.6. The third-order valence-electron chi connectivity index (χ3n) is 9.28. The number of nitrogens with one attached hydrogen (secondary N) is 1. The van der Waals surface area contributed by atoms with Crippen molar-refractivity contribution in [1.82, 2.24) is 5.32 Å². The molecule has 2 saturated heterocycles. The molecule has 4 aromatic carbocycles. The van der Waals surface area contributed by atoms with Crippen LogP contribution >= 0.6 is 22.6 Å². The summed E-state index contributed by atoms with van der Waals surface area (Å²) in [7, 11) is 1.22. The van der Waals surface area contributed by atoms with Crippen LogP contribution in [-0.2, 0) is 68.9 Å². The van der Waals surface area contributed by atoms with Gasteiger partial charge in [-0.05, 0) is 57.8 Å². The van der Waals surface area contributed by atoms with E-state index in [-0.39, 0.29) is 32.8 Å². The van der Waals surface area contributed by atoms with Crippen LogP contribution in [0.5, 0.6) is 0 Å². The second-order valence-electron chi connectivity index (χ2n) is 13.1. The van der Waals surface area contributed by atoms with Crippen molar-refractivity contribution in [1.29, 1.82) is 5.26 Å². The summed E-state index contributed by atoms with van der Waals surface area (Å²) >= 11 is 2.23. The number of esters is 1. The maximum absolute atomic E-state index is 13.1. The predicted octanol–water partition coefficient (Wildman–Crippen LogP) is 6.24. The van der Waals surface area contributed by atoms with E-state index in [1.165, 1.54) is 7.11 Å². The highest BCUT2D eigenvalue weighted by Crippen LogP contribution is 2.38. The minimum absolute atomic E-state index is 0.00590. The average molecular weight is 863 g/mol. The van der Waals surface area contributed by atoms with E-state index < -0.39 is 60.7 Å². The molecule has 13 heteroatoms. The number of methoxy groups -OCH3 is 1. The first kappa shape index (κ1) is 40.3. The van der Waals surface area contributed by atoms with Crippen LogP contribution in [0, 0.1) is 14.9 Å². The van der Waals surface area contributed by atoms with E-state index in [4.69, 9.17) is 37.9 Å². The molecule has 55 heavy (non-hydrogen) atoms. The molecule has 0 bridgehead atoms. The number of fused-ring (bicyclic) bond motifs is 1. The highest BCUT2D eigenvalue weighted by atomic mass is 127. The van der Waals surface area contributed by atoms with Crippen LogP contribution in [0.1, 0.15) is 29.2 Å². The molecule has 4 aromatic rings. The van der Waals surface area contributed by atoms with Crippen molar-refractivity contribution < 1.29 is 47.5 Å². The lowest BCUT2D eigenvalue weighted by atomic mass is 9.95. The second-order valence-corrected chi connectivity index (χ2v) is 14.3. The van der Waals surface area contributed by atoms with Gasteiger partial charge in [-0.2, -0.15) is 5.26 Å². The number of hydrogen-bond donors (Lipinski definition) is 1. The number of alkyl carbamates (subject to hydrolysis) is 1. The molecule has 6 rings (SSSR count). The number of nitrogens with zero attached hydrogens (tertiary/aromatic N) is 1. The summed E-state index contributed by atoms with van der Waals surface area (Å²) in [5.74, 6) is -2.40. The fraction of sp³-hybridized carbons (Fsp3) is 0.357. The summed E-state index contributed by atoms with van der Waals surface area (Å²) in [4.78, 5) is 26.0. The van der Waals surface area contributed by atoms with E-state index in [2.05, 4.69) is 34.0 Å². The van der Waals surface area contributed by atoms with Crippen LogP contribution in [0.15, 0.2) is 115 Å². The SMILES string of the molecule is COC(=O)[C@@H](NC(=O)OCc1ccccc1)[C@@H](C)O[C@@H]1O[C@@H]2CO[C@@](C#N)(Cc3ccccc3I)O[C@H]2[C@H](OCc2ccccc2)[C@@H]1OCc1ccccc1. The Balaban J connectivity index is 1.28. The zero-order valence-corrected chi connectivity index (χ0v) is 32.6. The molecule has 1 N–H and O–H groups in total. The van der Waals surface area contributed by atoms with E-state index in [1.54, 1.807) is 6.92 Å². The summed E-state index contributed by atoms with van der Waals surface area (Å²) in [6, 6.07) is 37.1. The Labute approximate surface area is 334 Å². The Kier molecular flexibility index (Phi) is 14.2. The number of amides is 1. The molecule has 2 aliphatic heterocycles. The predicted molar refractivity (Wildman–Crippen MR) is 207 cm³/mol. The zero-order valence-electron chi connectivity index (χ0n) is 30.5. The summed E-state index contributed by atoms with van der Waals surface area (Å²) in [6.07, 6.45) is -6.27. The Bertz CT molecular complexity index is 1880. The number of ether oxygens (including phenoxy) is 8. The normalized spacial score (nSPS) is 24.4. The van der Waals surface area contributed by atoms with Crippen LogP contribution in [0.4, 0.5) is 4.79 Å². The summed E-state index contributed by atoms with van der Waals surface area (Å²) < 4.78 is 50.5. The molecule has 12 nitrogen and oxygen atoms in total. The third-order valence-corrected chi connectivity index (χ3v) is 10.3. The Hall–Kier alpha value is -4.40. The Morgan fingerprint density at radius 2 is 1.42 bits per heavy atom. The first-order valence-corrected chi connectivity index (χ1v) is 19.0. The van der Waals surface area contributed by atoms with Gasteiger partial charge in [0.05, 0.1) is 33.0 Å². The highest BCUT2D eigenvalue weighted by Gasteiger charge is 2.56. The number of halogens is 1. The van der Waals surface area contributed by atoms with E-state index in [0.717, 1.165) is 25.8 Å². The van der Waals surface area contributed by atoms with Crippen LogP contribution in [0.2, 0.25) is 0 Å². The van der Waals surface area contributed by atoms with Crippen molar-refractivity contribution in [3.05, 3.63) is 141 Å². The molecule has 0 unspecified atom stereocenters. The molecule has 0 spiro atoms. The van der Waals surface area contributed by atoms with E-state index in [9.17, 15) is 14.9 Å². The van der Waals surface area contributed by atoms with Gasteiger partial charge < -0.3 is 43.2 Å². The monoisotopic (exact) mass is 862 g/mol. The van der Waals surface area contributed by atoms with Gasteiger partial charge in [0.2, 0.25) is 0 Å². The minimum atomic E-state index is -1.65. The molecular weight excluding hydrogens is 819 g/mol.